The highest BCUT2D eigenvalue weighted by atomic mass is 16.5. The van der Waals surface area contributed by atoms with Crippen molar-refractivity contribution >= 4 is 0 Å². The smallest absolute Gasteiger partial charge is 0.125 e. The highest BCUT2D eigenvalue weighted by molar-refractivity contribution is 5.65. The molecule has 0 aliphatic carbocycles. The van der Waals surface area contributed by atoms with Crippen molar-refractivity contribution in [3.63, 3.8) is 0 Å². The van der Waals surface area contributed by atoms with Crippen molar-refractivity contribution < 1.29 is 9.84 Å². The number of ether oxygens (including phenoxy) is 1. The zero-order valence-electron chi connectivity index (χ0n) is 10.7. The summed E-state index contributed by atoms with van der Waals surface area (Å²) in [6.07, 6.45) is 1.85. The predicted molar refractivity (Wildman–Crippen MR) is 71.5 cm³/mol. The number of aryl methyl sites for hydroxylation is 1. The quantitative estimate of drug-likeness (QED) is 0.897. The van der Waals surface area contributed by atoms with E-state index in [-0.39, 0.29) is 6.61 Å². The van der Waals surface area contributed by atoms with E-state index < -0.39 is 0 Å². The number of hydrogen-bond acceptors (Lipinski definition) is 3. The lowest BCUT2D eigenvalue weighted by Gasteiger charge is -2.10. The summed E-state index contributed by atoms with van der Waals surface area (Å²) in [5.74, 6) is 0.734. The molecule has 0 saturated heterocycles. The van der Waals surface area contributed by atoms with Crippen LogP contribution in [0.15, 0.2) is 36.5 Å². The van der Waals surface area contributed by atoms with Gasteiger partial charge in [-0.05, 0) is 31.5 Å². The lowest BCUT2D eigenvalue weighted by atomic mass is 10.0. The van der Waals surface area contributed by atoms with Crippen LogP contribution in [-0.2, 0) is 6.61 Å². The van der Waals surface area contributed by atoms with Crippen molar-refractivity contribution in [1.82, 2.24) is 4.98 Å². The van der Waals surface area contributed by atoms with Crippen LogP contribution in [0.2, 0.25) is 0 Å². The molecule has 0 radical (unpaired) electrons. The van der Waals surface area contributed by atoms with Crippen LogP contribution in [-0.4, -0.2) is 16.7 Å². The van der Waals surface area contributed by atoms with Crippen molar-refractivity contribution in [2.24, 2.45) is 0 Å². The fourth-order valence-electron chi connectivity index (χ4n) is 1.79. The average molecular weight is 243 g/mol. The van der Waals surface area contributed by atoms with Crippen molar-refractivity contribution in [2.45, 2.75) is 20.5 Å². The molecule has 18 heavy (non-hydrogen) atoms. The zero-order valence-corrected chi connectivity index (χ0v) is 10.7. The molecular weight excluding hydrogens is 226 g/mol. The van der Waals surface area contributed by atoms with Gasteiger partial charge in [0.15, 0.2) is 0 Å². The van der Waals surface area contributed by atoms with Gasteiger partial charge in [0.25, 0.3) is 0 Å². The Hall–Kier alpha value is -1.87. The van der Waals surface area contributed by atoms with Crippen LogP contribution >= 0.6 is 0 Å². The molecule has 3 heteroatoms. The minimum absolute atomic E-state index is 0.0121. The first-order chi connectivity index (χ1) is 8.74. The molecule has 3 nitrogen and oxygen atoms in total. The molecule has 1 aromatic heterocycles. The molecule has 0 unspecified atom stereocenters. The van der Waals surface area contributed by atoms with Crippen LogP contribution in [0.25, 0.3) is 11.1 Å². The van der Waals surface area contributed by atoms with Crippen LogP contribution < -0.4 is 4.74 Å². The Balaban J connectivity index is 2.39. The molecule has 1 heterocycles. The second-order valence-corrected chi connectivity index (χ2v) is 4.10. The number of aliphatic hydroxyl groups excluding tert-OH is 1. The van der Waals surface area contributed by atoms with Crippen LogP contribution in [0.1, 0.15) is 18.2 Å². The minimum atomic E-state index is -0.0121. The number of nitrogens with zero attached hydrogens (tertiary/aromatic N) is 1. The van der Waals surface area contributed by atoms with Gasteiger partial charge in [0.05, 0.1) is 13.2 Å². The first-order valence-corrected chi connectivity index (χ1v) is 6.04. The highest BCUT2D eigenvalue weighted by Crippen LogP contribution is 2.27. The Morgan fingerprint density at radius 3 is 2.56 bits per heavy atom. The van der Waals surface area contributed by atoms with Crippen molar-refractivity contribution in [3.8, 4) is 16.9 Å². The number of benzene rings is 1. The summed E-state index contributed by atoms with van der Waals surface area (Å²) in [5, 5.41) is 9.25. The fourth-order valence-corrected chi connectivity index (χ4v) is 1.79. The highest BCUT2D eigenvalue weighted by Gasteiger charge is 2.06. The van der Waals surface area contributed by atoms with E-state index in [1.54, 1.807) is 0 Å². The van der Waals surface area contributed by atoms with E-state index in [1.165, 1.54) is 0 Å². The Morgan fingerprint density at radius 2 is 1.94 bits per heavy atom. The van der Waals surface area contributed by atoms with Crippen molar-refractivity contribution in [3.05, 3.63) is 47.8 Å². The van der Waals surface area contributed by atoms with Gasteiger partial charge in [-0.1, -0.05) is 18.2 Å². The van der Waals surface area contributed by atoms with Gasteiger partial charge in [-0.25, -0.2) is 0 Å². The minimum Gasteiger partial charge on any atom is -0.493 e. The zero-order chi connectivity index (χ0) is 13.0. The summed E-state index contributed by atoms with van der Waals surface area (Å²) in [4.78, 5) is 4.28. The molecule has 0 bridgehead atoms. The van der Waals surface area contributed by atoms with Crippen LogP contribution in [0, 0.1) is 6.92 Å². The van der Waals surface area contributed by atoms with E-state index in [4.69, 9.17) is 4.74 Å². The first kappa shape index (κ1) is 12.6. The second kappa shape index (κ2) is 5.65. The monoisotopic (exact) mass is 243 g/mol. The third-order valence-electron chi connectivity index (χ3n) is 2.78. The molecule has 0 amide bonds. The normalized spacial score (nSPS) is 10.4. The molecule has 1 aromatic carbocycles. The maximum absolute atomic E-state index is 9.25. The maximum Gasteiger partial charge on any atom is 0.125 e. The molecular formula is C15H17NO2. The topological polar surface area (TPSA) is 42.4 Å². The molecule has 2 rings (SSSR count). The van der Waals surface area contributed by atoms with E-state index in [0.29, 0.717) is 6.61 Å². The standard InChI is InChI=1S/C15H17NO2/c1-3-18-15-8-12(6-7-14(15)10-17)13-5-4-11(2)16-9-13/h4-9,17H,3,10H2,1-2H3. The predicted octanol–water partition coefficient (Wildman–Crippen LogP) is 2.95. The Morgan fingerprint density at radius 1 is 1.17 bits per heavy atom. The van der Waals surface area contributed by atoms with Crippen LogP contribution in [0.5, 0.6) is 5.75 Å². The first-order valence-electron chi connectivity index (χ1n) is 6.04. The molecule has 2 aromatic rings. The molecule has 0 aliphatic rings. The largest absolute Gasteiger partial charge is 0.493 e. The summed E-state index contributed by atoms with van der Waals surface area (Å²) in [6.45, 7) is 4.47. The summed E-state index contributed by atoms with van der Waals surface area (Å²) in [6, 6.07) is 9.82. The van der Waals surface area contributed by atoms with Gasteiger partial charge < -0.3 is 9.84 Å². The van der Waals surface area contributed by atoms with Gasteiger partial charge in [-0.15, -0.1) is 0 Å². The molecule has 0 aliphatic heterocycles. The molecule has 0 spiro atoms. The third-order valence-corrected chi connectivity index (χ3v) is 2.78. The lowest BCUT2D eigenvalue weighted by molar-refractivity contribution is 0.267. The molecule has 94 valence electrons. The summed E-state index contributed by atoms with van der Waals surface area (Å²) < 4.78 is 5.53. The van der Waals surface area contributed by atoms with Gasteiger partial charge in [-0.3, -0.25) is 4.98 Å². The number of rotatable bonds is 4. The number of aromatic nitrogens is 1. The van der Waals surface area contributed by atoms with Gasteiger partial charge >= 0.3 is 0 Å². The number of hydrogen-bond donors (Lipinski definition) is 1. The van der Waals surface area contributed by atoms with Crippen LogP contribution in [0.3, 0.4) is 0 Å². The van der Waals surface area contributed by atoms with E-state index in [2.05, 4.69) is 4.98 Å². The maximum atomic E-state index is 9.25. The second-order valence-electron chi connectivity index (χ2n) is 4.10. The van der Waals surface area contributed by atoms with Crippen molar-refractivity contribution in [1.29, 1.82) is 0 Å². The third kappa shape index (κ3) is 2.68. The molecule has 1 N–H and O–H groups in total. The average Bonchev–Trinajstić information content (AvgIpc) is 2.40. The van der Waals surface area contributed by atoms with Gasteiger partial charge in [-0.2, -0.15) is 0 Å². The van der Waals surface area contributed by atoms with E-state index in [1.807, 2.05) is 50.4 Å². The van der Waals surface area contributed by atoms with Gasteiger partial charge in [0, 0.05) is 23.0 Å². The molecule has 0 saturated carbocycles. The number of aliphatic hydroxyl groups is 1. The Labute approximate surface area is 107 Å². The number of pyridine rings is 1. The molecule has 0 fully saturated rings. The SMILES string of the molecule is CCOc1cc(-c2ccc(C)nc2)ccc1CO. The van der Waals surface area contributed by atoms with Crippen LogP contribution in [0.4, 0.5) is 0 Å². The summed E-state index contributed by atoms with van der Waals surface area (Å²) in [7, 11) is 0. The van der Waals surface area contributed by atoms with E-state index in [9.17, 15) is 5.11 Å². The molecule has 0 atom stereocenters. The summed E-state index contributed by atoms with van der Waals surface area (Å²) in [5.41, 5.74) is 3.89. The lowest BCUT2D eigenvalue weighted by Crippen LogP contribution is -1.97. The Kier molecular flexibility index (Phi) is 3.95. The van der Waals surface area contributed by atoms with E-state index >= 15 is 0 Å². The van der Waals surface area contributed by atoms with Gasteiger partial charge in [0.1, 0.15) is 5.75 Å². The van der Waals surface area contributed by atoms with E-state index in [0.717, 1.165) is 28.1 Å². The van der Waals surface area contributed by atoms with Gasteiger partial charge in [0.2, 0.25) is 0 Å². The van der Waals surface area contributed by atoms with Crippen molar-refractivity contribution in [2.75, 3.05) is 6.61 Å². The fraction of sp³-hybridized carbons (Fsp3) is 0.267. The summed E-state index contributed by atoms with van der Waals surface area (Å²) >= 11 is 0. The Bertz CT molecular complexity index is 521.